The van der Waals surface area contributed by atoms with Crippen LogP contribution in [0.1, 0.15) is 57.6 Å². The SMILES string of the molecule is NNc1ccccn1.[C-]#[N+]C(=COCC)[N+]#[C-].[C-]#[N+]c1c(C)cc(=O)n(CCCC)c1O.[C-]#[N+]c1cnn(-c2ccccn2)c1N.[C-]#[N+]c1cnn(-c2ccccn2)c1N=Nc1c(C)c([N+]#[C-])c(O)n(CCCC)c1=O. The van der Waals surface area contributed by atoms with E-state index in [0.717, 1.165) is 23.8 Å². The molecule has 0 bridgehead atoms. The Morgan fingerprint density at radius 1 is 0.724 bits per heavy atom. The topological polar surface area (TPSA) is 283 Å². The van der Waals surface area contributed by atoms with Crippen molar-refractivity contribution in [2.45, 2.75) is 73.4 Å². The maximum absolute atomic E-state index is 12.9. The van der Waals surface area contributed by atoms with Gasteiger partial charge in [0.15, 0.2) is 35.5 Å². The molecule has 7 heterocycles. The highest BCUT2D eigenvalue weighted by Crippen LogP contribution is 2.36. The van der Waals surface area contributed by atoms with Gasteiger partial charge in [0.2, 0.25) is 17.1 Å². The van der Waals surface area contributed by atoms with E-state index in [1.54, 1.807) is 68.8 Å². The number of aryl methyl sites for hydroxylation is 1. The lowest BCUT2D eigenvalue weighted by molar-refractivity contribution is 0.267. The van der Waals surface area contributed by atoms with Crippen LogP contribution in [0.2, 0.25) is 0 Å². The summed E-state index contributed by atoms with van der Waals surface area (Å²) in [5.41, 5.74) is 8.59. The first-order valence-corrected chi connectivity index (χ1v) is 22.8. The summed E-state index contributed by atoms with van der Waals surface area (Å²) >= 11 is 0. The second-order valence-electron chi connectivity index (χ2n) is 14.9. The molecule has 0 fully saturated rings. The molecule has 0 saturated carbocycles. The molecule has 7 N–H and O–H groups in total. The lowest BCUT2D eigenvalue weighted by Crippen LogP contribution is -2.20. The van der Waals surface area contributed by atoms with Gasteiger partial charge in [0.1, 0.15) is 30.5 Å². The number of anilines is 2. The molecule has 76 heavy (non-hydrogen) atoms. The molecule has 0 spiro atoms. The highest BCUT2D eigenvalue weighted by Gasteiger charge is 2.20. The molecular weight excluding hydrogens is 973 g/mol. The third-order valence-electron chi connectivity index (χ3n) is 9.89. The molecule has 7 rings (SSSR count). The standard InChI is InChI=1S/C20H18N8O2.C11H14N2O2.C9H7N5.C6H6N2O.C5H7N3/c1-5-6-11-27-19(29)16(22-4)13(2)17(20(27)30)25-26-18-14(21-3)12-24-28(18)15-9-7-8-10-23-15;1-4-5-6-13-9(14)7-8(2)10(12-3)11(13)15;1-11-7-6-13-14(9(7)10)8-4-2-3-5-12-8;1-4-9-5-6(7-2)8-3;6-8-5-3-1-2-4-7-5/h7-10,12,29H,5-6,11H2,1-2H3;7,15H,4-6H2,1-2H3;2-6H,10H2;5H,4H2,1H3;1-4H,6H2,(H,7,8). The largest absolute Gasteiger partial charge is 0.554 e. The van der Waals surface area contributed by atoms with Crippen LogP contribution in [0, 0.1) is 53.3 Å². The average molecular weight is 1030 g/mol. The van der Waals surface area contributed by atoms with Gasteiger partial charge >= 0.3 is 5.82 Å². The minimum absolute atomic E-state index is 0.0307. The molecule has 7 aromatic rings. The molecule has 0 saturated heterocycles. The number of unbranched alkanes of at least 4 members (excludes halogenated alkanes) is 2. The van der Waals surface area contributed by atoms with Gasteiger partial charge in [0, 0.05) is 31.7 Å². The number of nitrogens with zero attached hydrogens (tertiary/aromatic N) is 17. The van der Waals surface area contributed by atoms with Crippen LogP contribution in [-0.2, 0) is 17.8 Å². The Kier molecular flexibility index (Phi) is 24.5. The normalized spacial score (nSPS) is 9.68. The monoisotopic (exact) mass is 1020 g/mol. The maximum atomic E-state index is 12.9. The van der Waals surface area contributed by atoms with E-state index < -0.39 is 5.56 Å². The molecule has 25 heteroatoms. The molecule has 25 nitrogen and oxygen atoms in total. The Labute approximate surface area is 437 Å². The Balaban J connectivity index is 0.000000277. The number of hydrazine groups is 1. The maximum Gasteiger partial charge on any atom is 0.554 e. The summed E-state index contributed by atoms with van der Waals surface area (Å²) in [4.78, 5) is 55.5. The number of aromatic hydroxyl groups is 2. The second-order valence-corrected chi connectivity index (χ2v) is 14.9. The summed E-state index contributed by atoms with van der Waals surface area (Å²) in [6.07, 6.45) is 12.0. The second kappa shape index (κ2) is 31.4. The molecule has 0 unspecified atom stereocenters. The smallest absolute Gasteiger partial charge is 0.505 e. The third kappa shape index (κ3) is 16.3. The molecular formula is C51H52N20O5. The van der Waals surface area contributed by atoms with Crippen LogP contribution in [0.5, 0.6) is 11.8 Å². The van der Waals surface area contributed by atoms with Crippen LogP contribution in [-0.4, -0.2) is 60.5 Å². The lowest BCUT2D eigenvalue weighted by atomic mass is 10.2. The van der Waals surface area contributed by atoms with Crippen molar-refractivity contribution >= 4 is 45.9 Å². The van der Waals surface area contributed by atoms with Gasteiger partial charge in [-0.05, 0) is 87.2 Å². The number of azo groups is 1. The average Bonchev–Trinajstić information content (AvgIpc) is 4.05. The van der Waals surface area contributed by atoms with E-state index >= 15 is 0 Å². The highest BCUT2D eigenvalue weighted by atomic mass is 16.5. The van der Waals surface area contributed by atoms with Gasteiger partial charge in [-0.25, -0.2) is 49.5 Å². The first-order valence-electron chi connectivity index (χ1n) is 22.8. The van der Waals surface area contributed by atoms with E-state index in [2.05, 4.69) is 74.6 Å². The number of rotatable bonds is 13. The van der Waals surface area contributed by atoms with Crippen LogP contribution in [0.25, 0.3) is 40.7 Å². The summed E-state index contributed by atoms with van der Waals surface area (Å²) in [5.74, 6) is 6.59. The van der Waals surface area contributed by atoms with Crippen LogP contribution >= 0.6 is 0 Å². The van der Waals surface area contributed by atoms with Gasteiger partial charge in [-0.3, -0.25) is 18.7 Å². The van der Waals surface area contributed by atoms with E-state index in [4.69, 9.17) is 51.0 Å². The van der Waals surface area contributed by atoms with E-state index in [1.165, 1.54) is 45.6 Å². The van der Waals surface area contributed by atoms with Gasteiger partial charge in [-0.1, -0.05) is 44.9 Å². The quantitative estimate of drug-likeness (QED) is 0.0236. The third-order valence-corrected chi connectivity index (χ3v) is 9.89. The molecule has 0 amide bonds. The fourth-order valence-electron chi connectivity index (χ4n) is 6.01. The van der Waals surface area contributed by atoms with Crippen molar-refractivity contribution in [1.82, 2.24) is 43.6 Å². The lowest BCUT2D eigenvalue weighted by Gasteiger charge is -2.12. The molecule has 7 aromatic heterocycles. The van der Waals surface area contributed by atoms with Crippen molar-refractivity contribution in [1.29, 1.82) is 0 Å². The number of nitrogen functional groups attached to an aromatic ring is 2. The van der Waals surface area contributed by atoms with Crippen molar-refractivity contribution in [3.8, 4) is 23.4 Å². The van der Waals surface area contributed by atoms with Crippen molar-refractivity contribution in [3.05, 3.63) is 204 Å². The summed E-state index contributed by atoms with van der Waals surface area (Å²) in [6, 6.07) is 17.5. The van der Waals surface area contributed by atoms with E-state index in [0.29, 0.717) is 54.1 Å². The van der Waals surface area contributed by atoms with E-state index in [1.807, 2.05) is 32.0 Å². The summed E-state index contributed by atoms with van der Waals surface area (Å²) in [7, 11) is 0. The molecule has 0 aliphatic rings. The minimum atomic E-state index is -0.553. The van der Waals surface area contributed by atoms with Crippen LogP contribution in [0.15, 0.2) is 124 Å². The number of nitrogens with two attached hydrogens (primary N) is 2. The van der Waals surface area contributed by atoms with Crippen molar-refractivity contribution in [3.63, 3.8) is 0 Å². The van der Waals surface area contributed by atoms with Crippen LogP contribution < -0.4 is 28.1 Å². The van der Waals surface area contributed by atoms with Gasteiger partial charge in [0.05, 0.1) is 45.3 Å². The van der Waals surface area contributed by atoms with Crippen molar-refractivity contribution in [2.24, 2.45) is 16.1 Å². The number of nitrogens with one attached hydrogen (secondary N) is 1. The Morgan fingerprint density at radius 3 is 1.74 bits per heavy atom. The number of aromatic nitrogens is 9. The molecule has 0 aliphatic carbocycles. The summed E-state index contributed by atoms with van der Waals surface area (Å²) in [5, 5.41) is 36.3. The Hall–Kier alpha value is -11.0. The van der Waals surface area contributed by atoms with Gasteiger partial charge in [-0.15, -0.1) is 10.2 Å². The number of ether oxygens (including phenoxy) is 1. The Bertz CT molecular complexity index is 3450. The molecule has 386 valence electrons. The van der Waals surface area contributed by atoms with Gasteiger partial charge in [-0.2, -0.15) is 19.9 Å². The number of pyridine rings is 5. The first-order chi connectivity index (χ1) is 36.7. The van der Waals surface area contributed by atoms with Crippen LogP contribution in [0.3, 0.4) is 0 Å². The molecule has 0 radical (unpaired) electrons. The van der Waals surface area contributed by atoms with Gasteiger partial charge in [0.25, 0.3) is 16.8 Å². The van der Waals surface area contributed by atoms with Crippen molar-refractivity contribution in [2.75, 3.05) is 17.8 Å². The van der Waals surface area contributed by atoms with E-state index in [9.17, 15) is 19.8 Å². The summed E-state index contributed by atoms with van der Waals surface area (Å²) in [6.45, 7) is 51.4. The molecule has 0 aliphatic heterocycles. The fourth-order valence-corrected chi connectivity index (χ4v) is 6.01. The predicted octanol–water partition coefficient (Wildman–Crippen LogP) is 10.4. The zero-order chi connectivity index (χ0) is 56.0. The fraction of sp³-hybridized carbons (Fsp3) is 0.235. The molecule has 0 atom stereocenters. The minimum Gasteiger partial charge on any atom is -0.505 e. The first kappa shape index (κ1) is 59.3. The zero-order valence-corrected chi connectivity index (χ0v) is 42.1. The van der Waals surface area contributed by atoms with Gasteiger partial charge < -0.3 is 26.1 Å². The van der Waals surface area contributed by atoms with Crippen molar-refractivity contribution < 1.29 is 14.9 Å². The Morgan fingerprint density at radius 2 is 1.26 bits per heavy atom. The van der Waals surface area contributed by atoms with E-state index in [-0.39, 0.29) is 63.8 Å². The number of hydrogen-bond donors (Lipinski definition) is 5. The predicted molar refractivity (Wildman–Crippen MR) is 285 cm³/mol. The molecule has 0 aromatic carbocycles. The highest BCUT2D eigenvalue weighted by molar-refractivity contribution is 5.69. The zero-order valence-electron chi connectivity index (χ0n) is 42.1. The van der Waals surface area contributed by atoms with Crippen LogP contribution in [0.4, 0.5) is 45.9 Å². The summed E-state index contributed by atoms with van der Waals surface area (Å²) < 4.78 is 9.85. The number of hydrogen-bond acceptors (Lipinski definition) is 15.